The first kappa shape index (κ1) is 11.6. The summed E-state index contributed by atoms with van der Waals surface area (Å²) in [6.07, 6.45) is 3.68. The van der Waals surface area contributed by atoms with Crippen LogP contribution < -0.4 is 5.73 Å². The van der Waals surface area contributed by atoms with Crippen molar-refractivity contribution in [2.45, 2.75) is 19.8 Å². The molecule has 0 aliphatic carbocycles. The Hall–Kier alpha value is -1.89. The van der Waals surface area contributed by atoms with Gasteiger partial charge in [-0.2, -0.15) is 4.37 Å². The Labute approximate surface area is 103 Å². The second-order valence-corrected chi connectivity index (χ2v) is 4.22. The third kappa shape index (κ3) is 2.28. The highest BCUT2D eigenvalue weighted by atomic mass is 32.1. The van der Waals surface area contributed by atoms with Crippen molar-refractivity contribution in [3.8, 4) is 5.13 Å². The van der Waals surface area contributed by atoms with Crippen LogP contribution in [-0.4, -0.2) is 25.0 Å². The molecule has 0 fully saturated rings. The van der Waals surface area contributed by atoms with E-state index in [-0.39, 0.29) is 5.84 Å². The Morgan fingerprint density at radius 2 is 2.47 bits per heavy atom. The Kier molecular flexibility index (Phi) is 3.38. The van der Waals surface area contributed by atoms with E-state index in [2.05, 4.69) is 21.4 Å². The zero-order valence-electron chi connectivity index (χ0n) is 9.37. The summed E-state index contributed by atoms with van der Waals surface area (Å²) in [4.78, 5) is 4.40. The van der Waals surface area contributed by atoms with Crippen LogP contribution in [0.15, 0.2) is 23.5 Å². The second kappa shape index (κ2) is 4.96. The SMILES string of the molecule is CCCc1nsc(-n2cccc2/C(N)=N/O)n1. The lowest BCUT2D eigenvalue weighted by Gasteiger charge is -2.02. The summed E-state index contributed by atoms with van der Waals surface area (Å²) in [7, 11) is 0. The fourth-order valence-corrected chi connectivity index (χ4v) is 2.19. The molecular weight excluding hydrogens is 238 g/mol. The molecule has 0 saturated carbocycles. The summed E-state index contributed by atoms with van der Waals surface area (Å²) >= 11 is 1.30. The topological polar surface area (TPSA) is 89.3 Å². The Morgan fingerprint density at radius 3 is 3.18 bits per heavy atom. The van der Waals surface area contributed by atoms with Crippen LogP contribution in [0.1, 0.15) is 24.9 Å². The monoisotopic (exact) mass is 251 g/mol. The van der Waals surface area contributed by atoms with Crippen molar-refractivity contribution >= 4 is 17.4 Å². The van der Waals surface area contributed by atoms with Crippen LogP contribution in [-0.2, 0) is 6.42 Å². The number of amidine groups is 1. The number of rotatable bonds is 4. The van der Waals surface area contributed by atoms with E-state index in [4.69, 9.17) is 10.9 Å². The first-order valence-electron chi connectivity index (χ1n) is 5.24. The number of oxime groups is 1. The van der Waals surface area contributed by atoms with E-state index in [1.165, 1.54) is 11.5 Å². The maximum absolute atomic E-state index is 8.68. The Bertz CT molecular complexity index is 530. The fraction of sp³-hybridized carbons (Fsp3) is 0.300. The largest absolute Gasteiger partial charge is 0.409 e. The normalized spacial score (nSPS) is 11.9. The van der Waals surface area contributed by atoms with E-state index >= 15 is 0 Å². The van der Waals surface area contributed by atoms with Crippen molar-refractivity contribution in [3.05, 3.63) is 29.8 Å². The van der Waals surface area contributed by atoms with Gasteiger partial charge in [-0.15, -0.1) is 0 Å². The number of nitrogens with two attached hydrogens (primary N) is 1. The molecule has 0 aliphatic rings. The van der Waals surface area contributed by atoms with Crippen molar-refractivity contribution in [1.82, 2.24) is 13.9 Å². The van der Waals surface area contributed by atoms with Gasteiger partial charge in [0, 0.05) is 24.2 Å². The molecule has 0 saturated heterocycles. The van der Waals surface area contributed by atoms with Gasteiger partial charge in [0.25, 0.3) is 0 Å². The van der Waals surface area contributed by atoms with E-state index in [0.717, 1.165) is 23.8 Å². The van der Waals surface area contributed by atoms with E-state index in [9.17, 15) is 0 Å². The lowest BCUT2D eigenvalue weighted by Crippen LogP contribution is -2.17. The predicted octanol–water partition coefficient (Wildman–Crippen LogP) is 1.38. The zero-order chi connectivity index (χ0) is 12.3. The van der Waals surface area contributed by atoms with Crippen LogP contribution in [0.4, 0.5) is 0 Å². The van der Waals surface area contributed by atoms with Crippen molar-refractivity contribution < 1.29 is 5.21 Å². The van der Waals surface area contributed by atoms with Gasteiger partial charge in [0.05, 0.1) is 5.69 Å². The first-order valence-corrected chi connectivity index (χ1v) is 6.01. The van der Waals surface area contributed by atoms with Crippen LogP contribution in [0, 0.1) is 0 Å². The van der Waals surface area contributed by atoms with E-state index < -0.39 is 0 Å². The van der Waals surface area contributed by atoms with Gasteiger partial charge in [-0.25, -0.2) is 4.98 Å². The van der Waals surface area contributed by atoms with Gasteiger partial charge < -0.3 is 10.9 Å². The highest BCUT2D eigenvalue weighted by molar-refractivity contribution is 7.08. The molecule has 7 heteroatoms. The maximum Gasteiger partial charge on any atom is 0.213 e. The fourth-order valence-electron chi connectivity index (χ4n) is 1.48. The molecule has 6 nitrogen and oxygen atoms in total. The molecule has 0 aromatic carbocycles. The van der Waals surface area contributed by atoms with Crippen LogP contribution in [0.5, 0.6) is 0 Å². The summed E-state index contributed by atoms with van der Waals surface area (Å²) in [6.45, 7) is 2.08. The van der Waals surface area contributed by atoms with Gasteiger partial charge in [0.15, 0.2) is 5.84 Å². The molecule has 0 bridgehead atoms. The molecule has 2 aromatic rings. The Morgan fingerprint density at radius 1 is 1.65 bits per heavy atom. The summed E-state index contributed by atoms with van der Waals surface area (Å²) < 4.78 is 6.01. The van der Waals surface area contributed by atoms with Crippen LogP contribution in [0.2, 0.25) is 0 Å². The van der Waals surface area contributed by atoms with E-state index in [1.807, 2.05) is 12.3 Å². The van der Waals surface area contributed by atoms with E-state index in [0.29, 0.717) is 5.69 Å². The van der Waals surface area contributed by atoms with Gasteiger partial charge in [0.1, 0.15) is 5.82 Å². The molecule has 2 aromatic heterocycles. The molecule has 2 rings (SSSR count). The summed E-state index contributed by atoms with van der Waals surface area (Å²) in [5.74, 6) is 0.883. The summed E-state index contributed by atoms with van der Waals surface area (Å²) in [5, 5.41) is 12.4. The lowest BCUT2D eigenvalue weighted by molar-refractivity contribution is 0.318. The average Bonchev–Trinajstić information content (AvgIpc) is 2.95. The quantitative estimate of drug-likeness (QED) is 0.372. The molecule has 0 radical (unpaired) electrons. The smallest absolute Gasteiger partial charge is 0.213 e. The molecule has 3 N–H and O–H groups in total. The standard InChI is InChI=1S/C10H13N5OS/c1-2-4-8-12-10(17-14-8)15-6-3-5-7(15)9(11)13-16/h3,5-6,16H,2,4H2,1H3,(H2,11,13). The molecule has 2 heterocycles. The number of aromatic nitrogens is 3. The van der Waals surface area contributed by atoms with Crippen molar-refractivity contribution in [1.29, 1.82) is 0 Å². The number of hydrogen-bond donors (Lipinski definition) is 2. The average molecular weight is 251 g/mol. The van der Waals surface area contributed by atoms with Crippen LogP contribution in [0.25, 0.3) is 5.13 Å². The maximum atomic E-state index is 8.68. The summed E-state index contributed by atoms with van der Waals surface area (Å²) in [5.41, 5.74) is 6.18. The van der Waals surface area contributed by atoms with Crippen molar-refractivity contribution in [3.63, 3.8) is 0 Å². The first-order chi connectivity index (χ1) is 8.26. The lowest BCUT2D eigenvalue weighted by atomic mass is 10.3. The highest BCUT2D eigenvalue weighted by Gasteiger charge is 2.11. The minimum Gasteiger partial charge on any atom is -0.409 e. The highest BCUT2D eigenvalue weighted by Crippen LogP contribution is 2.15. The van der Waals surface area contributed by atoms with Gasteiger partial charge in [-0.05, 0) is 18.6 Å². The zero-order valence-corrected chi connectivity index (χ0v) is 10.2. The minimum absolute atomic E-state index is 0.0576. The molecule has 17 heavy (non-hydrogen) atoms. The Balaban J connectivity index is 2.36. The molecule has 90 valence electrons. The third-order valence-electron chi connectivity index (χ3n) is 2.26. The molecule has 0 aliphatic heterocycles. The number of aryl methyl sites for hydroxylation is 1. The summed E-state index contributed by atoms with van der Waals surface area (Å²) in [6, 6.07) is 3.57. The van der Waals surface area contributed by atoms with Gasteiger partial charge in [-0.3, -0.25) is 4.57 Å². The molecule has 0 unspecified atom stereocenters. The van der Waals surface area contributed by atoms with Crippen molar-refractivity contribution in [2.24, 2.45) is 10.9 Å². The molecule has 0 spiro atoms. The van der Waals surface area contributed by atoms with Crippen LogP contribution >= 0.6 is 11.5 Å². The predicted molar refractivity (Wildman–Crippen MR) is 65.7 cm³/mol. The van der Waals surface area contributed by atoms with Gasteiger partial charge in [0.2, 0.25) is 5.13 Å². The molecular formula is C10H13N5OS. The van der Waals surface area contributed by atoms with Crippen LogP contribution in [0.3, 0.4) is 0 Å². The number of hydrogen-bond acceptors (Lipinski definition) is 5. The second-order valence-electron chi connectivity index (χ2n) is 3.49. The third-order valence-corrected chi connectivity index (χ3v) is 3.01. The van der Waals surface area contributed by atoms with E-state index in [1.54, 1.807) is 10.6 Å². The number of nitrogens with zero attached hydrogens (tertiary/aromatic N) is 4. The molecule has 0 amide bonds. The molecule has 0 atom stereocenters. The van der Waals surface area contributed by atoms with Gasteiger partial charge in [-0.1, -0.05) is 12.1 Å². The minimum atomic E-state index is 0.0576. The van der Waals surface area contributed by atoms with Crippen molar-refractivity contribution in [2.75, 3.05) is 0 Å². The van der Waals surface area contributed by atoms with Gasteiger partial charge >= 0.3 is 0 Å².